The highest BCUT2D eigenvalue weighted by molar-refractivity contribution is 7.19. The smallest absolute Gasteiger partial charge is 0.265 e. The van der Waals surface area contributed by atoms with Crippen molar-refractivity contribution in [2.75, 3.05) is 0 Å². The van der Waals surface area contributed by atoms with Gasteiger partial charge in [0.2, 0.25) is 4.96 Å². The van der Waals surface area contributed by atoms with E-state index >= 15 is 0 Å². The zero-order valence-corrected chi connectivity index (χ0v) is 12.9. The lowest BCUT2D eigenvalue weighted by Gasteiger charge is -1.99. The molecule has 0 aliphatic rings. The predicted octanol–water partition coefficient (Wildman–Crippen LogP) is 2.80. The Hall–Kier alpha value is -2.86. The fraction of sp³-hybridized carbons (Fsp3) is 0.0588. The van der Waals surface area contributed by atoms with Gasteiger partial charge in [-0.2, -0.15) is 9.61 Å². The van der Waals surface area contributed by atoms with E-state index < -0.39 is 0 Å². The lowest BCUT2D eigenvalue weighted by Crippen LogP contribution is -2.22. The van der Waals surface area contributed by atoms with E-state index in [1.54, 1.807) is 0 Å². The summed E-state index contributed by atoms with van der Waals surface area (Å²) in [4.78, 5) is 13.1. The van der Waals surface area contributed by atoms with E-state index in [0.717, 1.165) is 16.1 Å². The van der Waals surface area contributed by atoms with Gasteiger partial charge < -0.3 is 0 Å². The van der Waals surface area contributed by atoms with E-state index in [0.29, 0.717) is 17.1 Å². The van der Waals surface area contributed by atoms with Crippen LogP contribution in [-0.2, 0) is 6.42 Å². The third-order valence-corrected chi connectivity index (χ3v) is 4.44. The Morgan fingerprint density at radius 3 is 2.35 bits per heavy atom. The minimum Gasteiger partial charge on any atom is -0.265 e. The zero-order chi connectivity index (χ0) is 15.6. The molecule has 0 aliphatic carbocycles. The van der Waals surface area contributed by atoms with Crippen molar-refractivity contribution in [2.45, 2.75) is 6.42 Å². The summed E-state index contributed by atoms with van der Waals surface area (Å²) in [5.41, 5.74) is 2.18. The molecule has 2 heterocycles. The summed E-state index contributed by atoms with van der Waals surface area (Å²) in [6.07, 6.45) is 0.452. The van der Waals surface area contributed by atoms with E-state index in [1.807, 2.05) is 60.7 Å². The van der Waals surface area contributed by atoms with Crippen LogP contribution in [0.2, 0.25) is 0 Å². The number of hydrogen-bond acceptors (Lipinski definition) is 5. The van der Waals surface area contributed by atoms with Gasteiger partial charge in [0, 0.05) is 12.0 Å². The van der Waals surface area contributed by atoms with E-state index in [2.05, 4.69) is 15.3 Å². The van der Waals surface area contributed by atoms with Crippen LogP contribution in [0.15, 0.2) is 65.5 Å². The Morgan fingerprint density at radius 2 is 1.61 bits per heavy atom. The summed E-state index contributed by atoms with van der Waals surface area (Å²) in [5, 5.41) is 13.4. The zero-order valence-electron chi connectivity index (χ0n) is 12.1. The lowest BCUT2D eigenvalue weighted by molar-refractivity contribution is 0.810. The first-order valence-corrected chi connectivity index (χ1v) is 7.98. The second-order valence-corrected chi connectivity index (χ2v) is 6.04. The Bertz CT molecular complexity index is 1010. The molecule has 0 aliphatic heterocycles. The molecule has 0 atom stereocenters. The number of nitrogens with zero attached hydrogens (tertiary/aromatic N) is 4. The molecule has 0 fully saturated rings. The van der Waals surface area contributed by atoms with Crippen molar-refractivity contribution in [2.24, 2.45) is 0 Å². The van der Waals surface area contributed by atoms with Crippen molar-refractivity contribution in [1.29, 1.82) is 0 Å². The molecule has 0 amide bonds. The average Bonchev–Trinajstić information content (AvgIpc) is 3.04. The molecule has 2 aromatic carbocycles. The molecule has 0 unspecified atom stereocenters. The minimum atomic E-state index is -0.211. The Kier molecular flexibility index (Phi) is 3.44. The highest BCUT2D eigenvalue weighted by Gasteiger charge is 2.13. The van der Waals surface area contributed by atoms with E-state index in [9.17, 15) is 4.79 Å². The topological polar surface area (TPSA) is 60.2 Å². The molecular formula is C17H12N4OS. The van der Waals surface area contributed by atoms with Gasteiger partial charge in [-0.15, -0.1) is 10.2 Å². The van der Waals surface area contributed by atoms with Gasteiger partial charge in [0.05, 0.1) is 0 Å². The van der Waals surface area contributed by atoms with Gasteiger partial charge in [-0.1, -0.05) is 72.0 Å². The molecule has 4 aromatic rings. The van der Waals surface area contributed by atoms with Crippen LogP contribution in [0.5, 0.6) is 0 Å². The maximum absolute atomic E-state index is 12.6. The van der Waals surface area contributed by atoms with Gasteiger partial charge in [0.15, 0.2) is 0 Å². The highest BCUT2D eigenvalue weighted by Crippen LogP contribution is 2.23. The van der Waals surface area contributed by atoms with Crippen molar-refractivity contribution in [3.63, 3.8) is 0 Å². The number of hydrogen-bond donors (Lipinski definition) is 0. The van der Waals surface area contributed by atoms with Gasteiger partial charge in [0.25, 0.3) is 5.56 Å². The first-order chi connectivity index (χ1) is 11.3. The second-order valence-electron chi connectivity index (χ2n) is 5.08. The monoisotopic (exact) mass is 320 g/mol. The number of rotatable bonds is 3. The molecule has 2 aromatic heterocycles. The van der Waals surface area contributed by atoms with Crippen molar-refractivity contribution >= 4 is 16.3 Å². The molecule has 6 heteroatoms. The normalized spacial score (nSPS) is 11.0. The first-order valence-electron chi connectivity index (χ1n) is 7.16. The summed E-state index contributed by atoms with van der Waals surface area (Å²) in [5.74, 6) is 0. The molecule has 4 rings (SSSR count). The van der Waals surface area contributed by atoms with Crippen LogP contribution < -0.4 is 5.56 Å². The molecule has 0 spiro atoms. The summed E-state index contributed by atoms with van der Waals surface area (Å²) in [6, 6.07) is 19.5. The Balaban J connectivity index is 1.78. The Labute approximate surface area is 135 Å². The maximum atomic E-state index is 12.6. The predicted molar refractivity (Wildman–Crippen MR) is 89.6 cm³/mol. The molecule has 5 nitrogen and oxygen atoms in total. The van der Waals surface area contributed by atoms with Gasteiger partial charge in [-0.25, -0.2) is 0 Å². The van der Waals surface area contributed by atoms with Crippen LogP contribution >= 0.6 is 11.3 Å². The third kappa shape index (κ3) is 2.64. The van der Waals surface area contributed by atoms with Crippen LogP contribution in [0.4, 0.5) is 0 Å². The lowest BCUT2D eigenvalue weighted by atomic mass is 10.1. The molecule has 0 saturated heterocycles. The van der Waals surface area contributed by atoms with Crippen molar-refractivity contribution < 1.29 is 0 Å². The van der Waals surface area contributed by atoms with E-state index in [4.69, 9.17) is 0 Å². The van der Waals surface area contributed by atoms with Crippen LogP contribution in [0.1, 0.15) is 11.3 Å². The van der Waals surface area contributed by atoms with E-state index in [1.165, 1.54) is 15.9 Å². The van der Waals surface area contributed by atoms with Gasteiger partial charge in [-0.05, 0) is 5.56 Å². The van der Waals surface area contributed by atoms with Gasteiger partial charge >= 0.3 is 0 Å². The molecular weight excluding hydrogens is 308 g/mol. The summed E-state index contributed by atoms with van der Waals surface area (Å²) in [7, 11) is 0. The van der Waals surface area contributed by atoms with Crippen LogP contribution in [0.3, 0.4) is 0 Å². The molecule has 0 N–H and O–H groups in total. The van der Waals surface area contributed by atoms with Crippen molar-refractivity contribution in [3.05, 3.63) is 82.3 Å². The molecule has 23 heavy (non-hydrogen) atoms. The summed E-state index contributed by atoms with van der Waals surface area (Å²) < 4.78 is 1.35. The molecule has 112 valence electrons. The fourth-order valence-corrected chi connectivity index (χ4v) is 3.19. The number of benzene rings is 2. The first kappa shape index (κ1) is 13.8. The largest absolute Gasteiger partial charge is 0.297 e. The fourth-order valence-electron chi connectivity index (χ4n) is 2.34. The van der Waals surface area contributed by atoms with Crippen molar-refractivity contribution in [1.82, 2.24) is 19.8 Å². The maximum Gasteiger partial charge on any atom is 0.297 e. The van der Waals surface area contributed by atoms with Crippen LogP contribution in [0, 0.1) is 0 Å². The number of fused-ring (bicyclic) bond motifs is 1. The summed E-state index contributed by atoms with van der Waals surface area (Å²) >= 11 is 1.36. The van der Waals surface area contributed by atoms with Gasteiger partial charge in [-0.3, -0.25) is 4.79 Å². The highest BCUT2D eigenvalue weighted by atomic mass is 32.1. The molecule has 0 bridgehead atoms. The molecule has 0 radical (unpaired) electrons. The van der Waals surface area contributed by atoms with Crippen LogP contribution in [-0.4, -0.2) is 19.8 Å². The van der Waals surface area contributed by atoms with E-state index in [-0.39, 0.29) is 5.56 Å². The van der Waals surface area contributed by atoms with Crippen molar-refractivity contribution in [3.8, 4) is 10.6 Å². The number of aromatic nitrogens is 4. The SMILES string of the molecule is O=c1c(Cc2ccccc2)nnc2sc(-c3ccccc3)nn12. The Morgan fingerprint density at radius 1 is 0.913 bits per heavy atom. The second kappa shape index (κ2) is 5.73. The molecule has 0 saturated carbocycles. The summed E-state index contributed by atoms with van der Waals surface area (Å²) in [6.45, 7) is 0. The van der Waals surface area contributed by atoms with Crippen LogP contribution in [0.25, 0.3) is 15.5 Å². The quantitative estimate of drug-likeness (QED) is 0.582. The average molecular weight is 320 g/mol. The standard InChI is InChI=1S/C17H12N4OS/c22-16-14(11-12-7-3-1-4-8-12)18-19-17-21(16)20-15(23-17)13-9-5-2-6-10-13/h1-10H,11H2. The van der Waals surface area contributed by atoms with Gasteiger partial charge in [0.1, 0.15) is 10.7 Å². The third-order valence-electron chi connectivity index (χ3n) is 3.49. The minimum absolute atomic E-state index is 0.211.